The van der Waals surface area contributed by atoms with Crippen molar-refractivity contribution in [1.82, 2.24) is 5.32 Å². The number of hydrogen-bond donors (Lipinski definition) is 1. The van der Waals surface area contributed by atoms with Gasteiger partial charge in [0.2, 0.25) is 0 Å². The quantitative estimate of drug-likeness (QED) is 0.609. The van der Waals surface area contributed by atoms with Crippen molar-refractivity contribution in [3.8, 4) is 6.07 Å². The first-order valence-corrected chi connectivity index (χ1v) is 4.36. The van der Waals surface area contributed by atoms with Crippen molar-refractivity contribution in [2.45, 2.75) is 32.7 Å². The third-order valence-electron chi connectivity index (χ3n) is 2.91. The van der Waals surface area contributed by atoms with Crippen molar-refractivity contribution in [2.24, 2.45) is 11.8 Å². The van der Waals surface area contributed by atoms with Gasteiger partial charge in [-0.05, 0) is 24.7 Å². The summed E-state index contributed by atoms with van der Waals surface area (Å²) in [5.41, 5.74) is 0. The summed E-state index contributed by atoms with van der Waals surface area (Å²) in [6.45, 7) is 5.06. The Morgan fingerprint density at radius 1 is 1.45 bits per heavy atom. The number of hydrogen-bond acceptors (Lipinski definition) is 2. The molecule has 1 fully saturated rings. The molecule has 3 atom stereocenters. The summed E-state index contributed by atoms with van der Waals surface area (Å²) in [6.07, 6.45) is 2.55. The van der Waals surface area contributed by atoms with E-state index in [4.69, 9.17) is 5.26 Å². The van der Waals surface area contributed by atoms with Crippen LogP contribution in [0.4, 0.5) is 0 Å². The van der Waals surface area contributed by atoms with Gasteiger partial charge in [-0.2, -0.15) is 5.26 Å². The van der Waals surface area contributed by atoms with Crippen molar-refractivity contribution in [3.63, 3.8) is 0 Å². The summed E-state index contributed by atoms with van der Waals surface area (Å²) in [4.78, 5) is 0. The molecule has 0 radical (unpaired) electrons. The molecule has 1 rings (SSSR count). The Labute approximate surface area is 68.6 Å². The Kier molecular flexibility index (Phi) is 2.90. The van der Waals surface area contributed by atoms with Crippen LogP contribution in [0, 0.1) is 23.2 Å². The van der Waals surface area contributed by atoms with Crippen LogP contribution in [0.25, 0.3) is 0 Å². The molecule has 2 nitrogen and oxygen atoms in total. The maximum Gasteiger partial charge on any atom is 0.0843 e. The minimum atomic E-state index is 0.502. The summed E-state index contributed by atoms with van der Waals surface area (Å²) in [6, 6.07) is 2.71. The van der Waals surface area contributed by atoms with Crippen LogP contribution in [0.2, 0.25) is 0 Å². The van der Waals surface area contributed by atoms with Gasteiger partial charge in [0.15, 0.2) is 0 Å². The summed E-state index contributed by atoms with van der Waals surface area (Å²) in [7, 11) is 0. The first-order chi connectivity index (χ1) is 5.25. The second kappa shape index (κ2) is 3.73. The predicted octanol–water partition coefficient (Wildman–Crippen LogP) is 1.53. The standard InChI is InChI=1S/C9H16N2/c1-7-3-4-9(8(7)2)11-6-5-10/h7-9,11H,3-4,6H2,1-2H3. The zero-order chi connectivity index (χ0) is 8.27. The minimum absolute atomic E-state index is 0.502. The number of nitrogens with one attached hydrogen (secondary N) is 1. The van der Waals surface area contributed by atoms with E-state index in [9.17, 15) is 0 Å². The summed E-state index contributed by atoms with van der Waals surface area (Å²) >= 11 is 0. The van der Waals surface area contributed by atoms with Crippen LogP contribution in [0.5, 0.6) is 0 Å². The van der Waals surface area contributed by atoms with E-state index >= 15 is 0 Å². The van der Waals surface area contributed by atoms with E-state index in [-0.39, 0.29) is 0 Å². The van der Waals surface area contributed by atoms with Crippen LogP contribution in [0.15, 0.2) is 0 Å². The molecule has 3 unspecified atom stereocenters. The lowest BCUT2D eigenvalue weighted by atomic mass is 9.98. The Hall–Kier alpha value is -0.550. The smallest absolute Gasteiger partial charge is 0.0843 e. The van der Waals surface area contributed by atoms with Crippen LogP contribution in [-0.2, 0) is 0 Å². The highest BCUT2D eigenvalue weighted by Gasteiger charge is 2.28. The molecule has 0 aromatic heterocycles. The molecule has 2 heteroatoms. The lowest BCUT2D eigenvalue weighted by Gasteiger charge is -2.17. The molecule has 62 valence electrons. The second-order valence-electron chi connectivity index (χ2n) is 3.56. The molecule has 0 bridgehead atoms. The van der Waals surface area contributed by atoms with E-state index in [1.165, 1.54) is 12.8 Å². The Morgan fingerprint density at radius 3 is 2.64 bits per heavy atom. The molecular formula is C9H16N2. The molecule has 0 spiro atoms. The van der Waals surface area contributed by atoms with Gasteiger partial charge in [-0.25, -0.2) is 0 Å². The molecule has 1 saturated carbocycles. The van der Waals surface area contributed by atoms with Crippen molar-refractivity contribution in [1.29, 1.82) is 5.26 Å². The largest absolute Gasteiger partial charge is 0.301 e. The average molecular weight is 152 g/mol. The fourth-order valence-corrected chi connectivity index (χ4v) is 1.83. The highest BCUT2D eigenvalue weighted by atomic mass is 14.9. The minimum Gasteiger partial charge on any atom is -0.301 e. The Bertz CT molecular complexity index is 159. The number of rotatable bonds is 2. The van der Waals surface area contributed by atoms with E-state index in [2.05, 4.69) is 25.2 Å². The third kappa shape index (κ3) is 1.94. The van der Waals surface area contributed by atoms with Crippen LogP contribution >= 0.6 is 0 Å². The van der Waals surface area contributed by atoms with E-state index in [1.807, 2.05) is 0 Å². The molecule has 0 aromatic rings. The molecular weight excluding hydrogens is 136 g/mol. The molecule has 0 saturated heterocycles. The second-order valence-corrected chi connectivity index (χ2v) is 3.56. The normalized spacial score (nSPS) is 37.0. The molecule has 1 aliphatic rings. The maximum atomic E-state index is 8.37. The van der Waals surface area contributed by atoms with Crippen molar-refractivity contribution in [3.05, 3.63) is 0 Å². The van der Waals surface area contributed by atoms with Crippen molar-refractivity contribution >= 4 is 0 Å². The molecule has 0 heterocycles. The zero-order valence-corrected chi connectivity index (χ0v) is 7.30. The van der Waals surface area contributed by atoms with Crippen molar-refractivity contribution < 1.29 is 0 Å². The van der Waals surface area contributed by atoms with E-state index in [0.717, 1.165) is 11.8 Å². The first-order valence-electron chi connectivity index (χ1n) is 4.36. The fraction of sp³-hybridized carbons (Fsp3) is 0.889. The van der Waals surface area contributed by atoms with Gasteiger partial charge < -0.3 is 5.32 Å². The molecule has 11 heavy (non-hydrogen) atoms. The van der Waals surface area contributed by atoms with Crippen molar-refractivity contribution in [2.75, 3.05) is 6.54 Å². The zero-order valence-electron chi connectivity index (χ0n) is 7.30. The molecule has 0 amide bonds. The number of nitriles is 1. The van der Waals surface area contributed by atoms with E-state index in [1.54, 1.807) is 0 Å². The third-order valence-corrected chi connectivity index (χ3v) is 2.91. The van der Waals surface area contributed by atoms with Crippen LogP contribution in [0.3, 0.4) is 0 Å². The van der Waals surface area contributed by atoms with E-state index < -0.39 is 0 Å². The SMILES string of the molecule is CC1CCC(NCC#N)C1C. The summed E-state index contributed by atoms with van der Waals surface area (Å²) in [5.74, 6) is 1.56. The van der Waals surface area contributed by atoms with Gasteiger partial charge in [-0.3, -0.25) is 0 Å². The monoisotopic (exact) mass is 152 g/mol. The van der Waals surface area contributed by atoms with E-state index in [0.29, 0.717) is 12.6 Å². The average Bonchev–Trinajstić information content (AvgIpc) is 2.31. The van der Waals surface area contributed by atoms with Crippen LogP contribution in [-0.4, -0.2) is 12.6 Å². The molecule has 0 aliphatic heterocycles. The summed E-state index contributed by atoms with van der Waals surface area (Å²) in [5, 5.41) is 11.6. The maximum absolute atomic E-state index is 8.37. The van der Waals surface area contributed by atoms with Gasteiger partial charge in [0.25, 0.3) is 0 Å². The number of nitrogens with zero attached hydrogens (tertiary/aromatic N) is 1. The van der Waals surface area contributed by atoms with Gasteiger partial charge in [-0.1, -0.05) is 13.8 Å². The van der Waals surface area contributed by atoms with Gasteiger partial charge in [0.05, 0.1) is 12.6 Å². The van der Waals surface area contributed by atoms with Gasteiger partial charge in [-0.15, -0.1) is 0 Å². The lowest BCUT2D eigenvalue weighted by Crippen LogP contribution is -2.32. The highest BCUT2D eigenvalue weighted by Crippen LogP contribution is 2.30. The van der Waals surface area contributed by atoms with Crippen LogP contribution in [0.1, 0.15) is 26.7 Å². The van der Waals surface area contributed by atoms with Gasteiger partial charge in [0.1, 0.15) is 0 Å². The predicted molar refractivity (Wildman–Crippen MR) is 45.0 cm³/mol. The van der Waals surface area contributed by atoms with Gasteiger partial charge >= 0.3 is 0 Å². The summed E-state index contributed by atoms with van der Waals surface area (Å²) < 4.78 is 0. The molecule has 1 N–H and O–H groups in total. The lowest BCUT2D eigenvalue weighted by molar-refractivity contribution is 0.381. The highest BCUT2D eigenvalue weighted by molar-refractivity contribution is 4.87. The Morgan fingerprint density at radius 2 is 2.18 bits per heavy atom. The molecule has 1 aliphatic carbocycles. The topological polar surface area (TPSA) is 35.8 Å². The Balaban J connectivity index is 2.31. The van der Waals surface area contributed by atoms with Crippen LogP contribution < -0.4 is 5.32 Å². The van der Waals surface area contributed by atoms with Gasteiger partial charge in [0, 0.05) is 6.04 Å². The molecule has 0 aromatic carbocycles. The fourth-order valence-electron chi connectivity index (χ4n) is 1.83. The first kappa shape index (κ1) is 8.55.